The average Bonchev–Trinajstić information content (AvgIpc) is 2.46. The molecule has 1 amide bonds. The highest BCUT2D eigenvalue weighted by atomic mass is 16.5. The molecule has 0 saturated carbocycles. The van der Waals surface area contributed by atoms with Crippen LogP contribution in [0, 0.1) is 0 Å². The molecule has 0 bridgehead atoms. The fourth-order valence-electron chi connectivity index (χ4n) is 2.26. The van der Waals surface area contributed by atoms with Gasteiger partial charge in [-0.3, -0.25) is 4.79 Å². The molecule has 4 nitrogen and oxygen atoms in total. The monoisotopic (exact) mass is 263 g/mol. The standard InChI is InChI=1S/C15H21NO3/c17-9-4-6-12-5-3-7-13(11-12)16-15(18)14-8-1-2-10-19-14/h3,5,7,11,14,17H,1-2,4,6,8-10H2,(H,16,18). The van der Waals surface area contributed by atoms with Crippen molar-refractivity contribution in [2.45, 2.75) is 38.2 Å². The zero-order chi connectivity index (χ0) is 13.5. The predicted octanol–water partition coefficient (Wildman–Crippen LogP) is 2.12. The van der Waals surface area contributed by atoms with Gasteiger partial charge in [0, 0.05) is 18.9 Å². The van der Waals surface area contributed by atoms with Crippen molar-refractivity contribution in [3.8, 4) is 0 Å². The van der Waals surface area contributed by atoms with Gasteiger partial charge in [0.15, 0.2) is 0 Å². The smallest absolute Gasteiger partial charge is 0.253 e. The Morgan fingerprint density at radius 1 is 1.42 bits per heavy atom. The molecule has 19 heavy (non-hydrogen) atoms. The zero-order valence-corrected chi connectivity index (χ0v) is 11.1. The van der Waals surface area contributed by atoms with Crippen molar-refractivity contribution in [2.24, 2.45) is 0 Å². The van der Waals surface area contributed by atoms with Gasteiger partial charge in [0.1, 0.15) is 6.10 Å². The first-order valence-electron chi connectivity index (χ1n) is 6.92. The van der Waals surface area contributed by atoms with Gasteiger partial charge < -0.3 is 15.2 Å². The van der Waals surface area contributed by atoms with Gasteiger partial charge in [-0.25, -0.2) is 0 Å². The third kappa shape index (κ3) is 4.33. The van der Waals surface area contributed by atoms with Gasteiger partial charge in [0.2, 0.25) is 0 Å². The van der Waals surface area contributed by atoms with Crippen molar-refractivity contribution in [2.75, 3.05) is 18.5 Å². The number of benzene rings is 1. The Hall–Kier alpha value is -1.39. The van der Waals surface area contributed by atoms with E-state index >= 15 is 0 Å². The number of amides is 1. The van der Waals surface area contributed by atoms with E-state index in [4.69, 9.17) is 9.84 Å². The van der Waals surface area contributed by atoms with Crippen LogP contribution in [-0.2, 0) is 16.0 Å². The SMILES string of the molecule is O=C(Nc1cccc(CCCO)c1)C1CCCCO1. The van der Waals surface area contributed by atoms with Crippen molar-refractivity contribution in [3.05, 3.63) is 29.8 Å². The van der Waals surface area contributed by atoms with E-state index in [1.165, 1.54) is 0 Å². The van der Waals surface area contributed by atoms with Crippen molar-refractivity contribution in [1.82, 2.24) is 0 Å². The minimum Gasteiger partial charge on any atom is -0.396 e. The Balaban J connectivity index is 1.92. The highest BCUT2D eigenvalue weighted by Gasteiger charge is 2.21. The molecule has 1 aliphatic rings. The van der Waals surface area contributed by atoms with Gasteiger partial charge in [-0.05, 0) is 49.8 Å². The number of anilines is 1. The topological polar surface area (TPSA) is 58.6 Å². The van der Waals surface area contributed by atoms with E-state index in [9.17, 15) is 4.79 Å². The van der Waals surface area contributed by atoms with E-state index in [0.717, 1.165) is 43.4 Å². The van der Waals surface area contributed by atoms with E-state index in [-0.39, 0.29) is 18.6 Å². The number of aliphatic hydroxyl groups excluding tert-OH is 1. The number of aryl methyl sites for hydroxylation is 1. The molecule has 0 aromatic heterocycles. The number of hydrogen-bond acceptors (Lipinski definition) is 3. The molecule has 4 heteroatoms. The van der Waals surface area contributed by atoms with Crippen LogP contribution in [0.1, 0.15) is 31.2 Å². The highest BCUT2D eigenvalue weighted by molar-refractivity contribution is 5.94. The summed E-state index contributed by atoms with van der Waals surface area (Å²) in [6, 6.07) is 7.76. The van der Waals surface area contributed by atoms with Gasteiger partial charge in [-0.2, -0.15) is 0 Å². The minimum atomic E-state index is -0.310. The van der Waals surface area contributed by atoms with Crippen molar-refractivity contribution < 1.29 is 14.6 Å². The summed E-state index contributed by atoms with van der Waals surface area (Å²) in [4.78, 5) is 12.0. The van der Waals surface area contributed by atoms with Crippen LogP contribution in [0.15, 0.2) is 24.3 Å². The molecule has 1 heterocycles. The lowest BCUT2D eigenvalue weighted by Crippen LogP contribution is -2.33. The van der Waals surface area contributed by atoms with Crippen LogP contribution in [-0.4, -0.2) is 30.3 Å². The first-order valence-corrected chi connectivity index (χ1v) is 6.92. The van der Waals surface area contributed by atoms with E-state index in [0.29, 0.717) is 6.61 Å². The first kappa shape index (κ1) is 14.0. The number of nitrogens with one attached hydrogen (secondary N) is 1. The Morgan fingerprint density at radius 2 is 2.32 bits per heavy atom. The second-order valence-electron chi connectivity index (χ2n) is 4.87. The quantitative estimate of drug-likeness (QED) is 0.855. The molecule has 1 fully saturated rings. The largest absolute Gasteiger partial charge is 0.396 e. The summed E-state index contributed by atoms with van der Waals surface area (Å²) in [5.74, 6) is -0.0565. The third-order valence-electron chi connectivity index (χ3n) is 3.29. The van der Waals surface area contributed by atoms with Crippen LogP contribution in [0.3, 0.4) is 0 Å². The molecule has 1 saturated heterocycles. The summed E-state index contributed by atoms with van der Waals surface area (Å²) < 4.78 is 5.46. The summed E-state index contributed by atoms with van der Waals surface area (Å²) in [6.45, 7) is 0.862. The molecule has 1 atom stereocenters. The molecule has 0 aliphatic carbocycles. The normalized spacial score (nSPS) is 19.1. The Kier molecular flexibility index (Phi) is 5.36. The number of hydrogen-bond donors (Lipinski definition) is 2. The average molecular weight is 263 g/mol. The maximum Gasteiger partial charge on any atom is 0.253 e. The van der Waals surface area contributed by atoms with Gasteiger partial charge in [0.25, 0.3) is 5.91 Å². The van der Waals surface area contributed by atoms with Crippen molar-refractivity contribution >= 4 is 11.6 Å². The molecule has 104 valence electrons. The predicted molar refractivity (Wildman–Crippen MR) is 74.1 cm³/mol. The number of carbonyl (C=O) groups is 1. The van der Waals surface area contributed by atoms with Crippen LogP contribution >= 0.6 is 0 Å². The molecule has 1 aromatic carbocycles. The molecule has 2 N–H and O–H groups in total. The molecule has 1 aromatic rings. The van der Waals surface area contributed by atoms with Crippen LogP contribution in [0.5, 0.6) is 0 Å². The summed E-state index contributed by atoms with van der Waals surface area (Å²) >= 11 is 0. The van der Waals surface area contributed by atoms with Gasteiger partial charge in [0.05, 0.1) is 0 Å². The second-order valence-corrected chi connectivity index (χ2v) is 4.87. The highest BCUT2D eigenvalue weighted by Crippen LogP contribution is 2.17. The van der Waals surface area contributed by atoms with Crippen LogP contribution in [0.25, 0.3) is 0 Å². The summed E-state index contributed by atoms with van der Waals surface area (Å²) in [5, 5.41) is 11.7. The zero-order valence-electron chi connectivity index (χ0n) is 11.1. The molecule has 1 aliphatic heterocycles. The summed E-state index contributed by atoms with van der Waals surface area (Å²) in [5.41, 5.74) is 1.92. The Morgan fingerprint density at radius 3 is 3.05 bits per heavy atom. The lowest BCUT2D eigenvalue weighted by molar-refractivity contribution is -0.129. The Labute approximate surface area is 113 Å². The molecule has 0 radical (unpaired) electrons. The lowest BCUT2D eigenvalue weighted by Gasteiger charge is -2.21. The maximum atomic E-state index is 12.0. The molecule has 0 spiro atoms. The van der Waals surface area contributed by atoms with Crippen LogP contribution in [0.4, 0.5) is 5.69 Å². The summed E-state index contributed by atoms with van der Waals surface area (Å²) in [6.07, 6.45) is 4.14. The van der Waals surface area contributed by atoms with Crippen LogP contribution < -0.4 is 5.32 Å². The van der Waals surface area contributed by atoms with Gasteiger partial charge in [-0.1, -0.05) is 12.1 Å². The van der Waals surface area contributed by atoms with E-state index in [1.807, 2.05) is 24.3 Å². The van der Waals surface area contributed by atoms with Crippen LogP contribution in [0.2, 0.25) is 0 Å². The molecule has 1 unspecified atom stereocenters. The number of aliphatic hydroxyl groups is 1. The van der Waals surface area contributed by atoms with E-state index < -0.39 is 0 Å². The first-order chi connectivity index (χ1) is 9.29. The fourth-order valence-corrected chi connectivity index (χ4v) is 2.26. The lowest BCUT2D eigenvalue weighted by atomic mass is 10.1. The minimum absolute atomic E-state index is 0.0565. The summed E-state index contributed by atoms with van der Waals surface area (Å²) in [7, 11) is 0. The third-order valence-corrected chi connectivity index (χ3v) is 3.29. The van der Waals surface area contributed by atoms with Gasteiger partial charge in [-0.15, -0.1) is 0 Å². The number of ether oxygens (including phenoxy) is 1. The molecular formula is C15H21NO3. The maximum absolute atomic E-state index is 12.0. The van der Waals surface area contributed by atoms with Crippen molar-refractivity contribution in [3.63, 3.8) is 0 Å². The Bertz CT molecular complexity index is 414. The number of rotatable bonds is 5. The van der Waals surface area contributed by atoms with Crippen molar-refractivity contribution in [1.29, 1.82) is 0 Å². The molecular weight excluding hydrogens is 242 g/mol. The second kappa shape index (κ2) is 7.26. The van der Waals surface area contributed by atoms with E-state index in [1.54, 1.807) is 0 Å². The van der Waals surface area contributed by atoms with E-state index in [2.05, 4.69) is 5.32 Å². The molecule has 2 rings (SSSR count). The van der Waals surface area contributed by atoms with Gasteiger partial charge >= 0.3 is 0 Å². The number of carbonyl (C=O) groups excluding carboxylic acids is 1. The fraction of sp³-hybridized carbons (Fsp3) is 0.533.